The summed E-state index contributed by atoms with van der Waals surface area (Å²) in [7, 11) is 0. The fourth-order valence-electron chi connectivity index (χ4n) is 4.50. The van der Waals surface area contributed by atoms with Crippen molar-refractivity contribution >= 4 is 17.9 Å². The number of rotatable bonds is 3. The summed E-state index contributed by atoms with van der Waals surface area (Å²) < 4.78 is 16.8. The Labute approximate surface area is 179 Å². The van der Waals surface area contributed by atoms with E-state index < -0.39 is 47.3 Å². The summed E-state index contributed by atoms with van der Waals surface area (Å²) in [5.41, 5.74) is 1.38. The zero-order valence-electron chi connectivity index (χ0n) is 18.0. The minimum atomic E-state index is -0.685. The maximum absolute atomic E-state index is 13.1. The van der Waals surface area contributed by atoms with Crippen molar-refractivity contribution in [1.29, 1.82) is 0 Å². The number of fused-ring (bicyclic) bond motifs is 5. The lowest BCUT2D eigenvalue weighted by atomic mass is 9.90. The van der Waals surface area contributed by atoms with Crippen LogP contribution in [0, 0.1) is 10.1 Å². The Morgan fingerprint density at radius 1 is 1.10 bits per heavy atom. The molecule has 0 N–H and O–H groups in total. The van der Waals surface area contributed by atoms with Crippen LogP contribution in [0.5, 0.6) is 5.75 Å². The summed E-state index contributed by atoms with van der Waals surface area (Å²) in [6, 6.07) is 3.39. The van der Waals surface area contributed by atoms with Gasteiger partial charge in [0.2, 0.25) is 0 Å². The molecule has 2 aliphatic heterocycles. The molecular formula is C21H25N3O7. The molecule has 2 amide bonds. The molecule has 1 aromatic rings. The Morgan fingerprint density at radius 2 is 1.71 bits per heavy atom. The van der Waals surface area contributed by atoms with Gasteiger partial charge in [0.25, 0.3) is 5.69 Å². The second-order valence-electron chi connectivity index (χ2n) is 8.43. The van der Waals surface area contributed by atoms with Crippen LogP contribution in [0.4, 0.5) is 15.3 Å². The number of hydrazine groups is 1. The second kappa shape index (κ2) is 7.44. The third kappa shape index (κ3) is 3.35. The number of benzene rings is 1. The molecule has 1 aromatic carbocycles. The van der Waals surface area contributed by atoms with Gasteiger partial charge in [-0.25, -0.2) is 19.6 Å². The predicted octanol–water partition coefficient (Wildman–Crippen LogP) is 3.76. The molecule has 0 unspecified atom stereocenters. The molecule has 0 spiro atoms. The largest absolute Gasteiger partial charge is 0.485 e. The number of carbonyl (C=O) groups is 2. The van der Waals surface area contributed by atoms with Crippen LogP contribution in [0.15, 0.2) is 29.8 Å². The molecule has 0 radical (unpaired) electrons. The highest BCUT2D eigenvalue weighted by Crippen LogP contribution is 2.53. The van der Waals surface area contributed by atoms with E-state index in [9.17, 15) is 19.7 Å². The molecule has 166 valence electrons. The zero-order valence-corrected chi connectivity index (χ0v) is 18.0. The second-order valence-corrected chi connectivity index (χ2v) is 8.43. The minimum absolute atomic E-state index is 0.0603. The number of nitrogens with zero attached hydrogens (tertiary/aromatic N) is 3. The zero-order chi connectivity index (χ0) is 22.6. The highest BCUT2D eigenvalue weighted by Gasteiger charge is 2.59. The minimum Gasteiger partial charge on any atom is -0.485 e. The van der Waals surface area contributed by atoms with Crippen molar-refractivity contribution in [3.8, 4) is 5.75 Å². The van der Waals surface area contributed by atoms with Crippen molar-refractivity contribution in [2.45, 2.75) is 70.9 Å². The third-order valence-corrected chi connectivity index (χ3v) is 5.61. The number of nitro groups is 1. The first-order chi connectivity index (χ1) is 14.6. The Kier molecular flexibility index (Phi) is 5.03. The summed E-state index contributed by atoms with van der Waals surface area (Å²) in [4.78, 5) is 36.8. The maximum Gasteiger partial charge on any atom is 0.429 e. The molecule has 1 saturated heterocycles. The lowest BCUT2D eigenvalue weighted by Crippen LogP contribution is -2.53. The van der Waals surface area contributed by atoms with Gasteiger partial charge < -0.3 is 14.2 Å². The normalized spacial score (nSPS) is 25.7. The third-order valence-electron chi connectivity index (χ3n) is 5.61. The van der Waals surface area contributed by atoms with Gasteiger partial charge in [-0.2, -0.15) is 0 Å². The van der Waals surface area contributed by atoms with Crippen molar-refractivity contribution in [2.75, 3.05) is 0 Å². The first kappa shape index (κ1) is 21.0. The molecular weight excluding hydrogens is 406 g/mol. The predicted molar refractivity (Wildman–Crippen MR) is 108 cm³/mol. The van der Waals surface area contributed by atoms with Gasteiger partial charge in [-0.15, -0.1) is 0 Å². The average molecular weight is 431 g/mol. The molecule has 4 rings (SSSR count). The Balaban J connectivity index is 1.77. The van der Waals surface area contributed by atoms with Crippen LogP contribution in [-0.2, 0) is 9.47 Å². The Hall–Kier alpha value is -3.30. The van der Waals surface area contributed by atoms with Gasteiger partial charge >= 0.3 is 12.2 Å². The lowest BCUT2D eigenvalue weighted by Gasteiger charge is -2.34. The quantitative estimate of drug-likeness (QED) is 0.407. The first-order valence-electron chi connectivity index (χ1n) is 10.3. The standard InChI is InChI=1S/C21H25N3O7/c1-10(2)29-20(25)22-12(5)14-9-17-18(19(14)23(22)21(26)30-11(3)4)15-8-13(24(27)28)6-7-16(15)31-17/h6-12,17-19H,1-5H3/t12-,17+,18+,19+/m0/s1. The van der Waals surface area contributed by atoms with E-state index in [1.54, 1.807) is 40.7 Å². The summed E-state index contributed by atoms with van der Waals surface area (Å²) in [5, 5.41) is 13.9. The van der Waals surface area contributed by atoms with Crippen molar-refractivity contribution in [3.05, 3.63) is 45.5 Å². The van der Waals surface area contributed by atoms with Crippen molar-refractivity contribution in [1.82, 2.24) is 10.0 Å². The van der Waals surface area contributed by atoms with Crippen LogP contribution in [0.2, 0.25) is 0 Å². The molecule has 4 atom stereocenters. The number of carbonyl (C=O) groups excluding carboxylic acids is 2. The van der Waals surface area contributed by atoms with Gasteiger partial charge in [0, 0.05) is 17.7 Å². The van der Waals surface area contributed by atoms with Crippen molar-refractivity contribution in [3.63, 3.8) is 0 Å². The van der Waals surface area contributed by atoms with E-state index in [-0.39, 0.29) is 11.8 Å². The molecule has 10 nitrogen and oxygen atoms in total. The first-order valence-corrected chi connectivity index (χ1v) is 10.3. The van der Waals surface area contributed by atoms with Crippen LogP contribution >= 0.6 is 0 Å². The molecule has 3 aliphatic rings. The number of non-ortho nitro benzene ring substituents is 1. The number of nitro benzene ring substituents is 1. The maximum atomic E-state index is 13.1. The monoisotopic (exact) mass is 431 g/mol. The van der Waals surface area contributed by atoms with Gasteiger partial charge in [-0.05, 0) is 52.3 Å². The highest BCUT2D eigenvalue weighted by atomic mass is 16.6. The van der Waals surface area contributed by atoms with Crippen LogP contribution in [-0.4, -0.2) is 57.5 Å². The number of amides is 2. The van der Waals surface area contributed by atoms with E-state index in [0.717, 1.165) is 5.57 Å². The molecule has 1 fully saturated rings. The molecule has 0 aromatic heterocycles. The Morgan fingerprint density at radius 3 is 2.29 bits per heavy atom. The van der Waals surface area contributed by atoms with E-state index in [0.29, 0.717) is 11.3 Å². The summed E-state index contributed by atoms with van der Waals surface area (Å²) >= 11 is 0. The van der Waals surface area contributed by atoms with Gasteiger partial charge in [0.05, 0.1) is 35.1 Å². The molecule has 0 saturated carbocycles. The molecule has 0 bridgehead atoms. The lowest BCUT2D eigenvalue weighted by molar-refractivity contribution is -0.384. The van der Waals surface area contributed by atoms with Crippen LogP contribution in [0.3, 0.4) is 0 Å². The van der Waals surface area contributed by atoms with Gasteiger partial charge in [0.15, 0.2) is 0 Å². The van der Waals surface area contributed by atoms with Gasteiger partial charge in [-0.3, -0.25) is 10.1 Å². The molecule has 1 aliphatic carbocycles. The molecule has 2 heterocycles. The van der Waals surface area contributed by atoms with Crippen molar-refractivity contribution < 1.29 is 28.7 Å². The number of hydrogen-bond donors (Lipinski definition) is 0. The van der Waals surface area contributed by atoms with Gasteiger partial charge in [-0.1, -0.05) is 0 Å². The highest BCUT2D eigenvalue weighted by molar-refractivity contribution is 5.78. The van der Waals surface area contributed by atoms with E-state index in [1.165, 1.54) is 22.2 Å². The molecule has 10 heteroatoms. The summed E-state index contributed by atoms with van der Waals surface area (Å²) in [6.45, 7) is 8.70. The fraction of sp³-hybridized carbons (Fsp3) is 0.524. The number of ether oxygens (including phenoxy) is 3. The SMILES string of the molecule is CC(C)OC(=O)N1[C@@H]2C(=C[C@H]3Oc4ccc([N+](=O)[O-])cc4[C@@H]23)[C@H](C)N1C(=O)OC(C)C. The van der Waals surface area contributed by atoms with Crippen LogP contribution in [0.25, 0.3) is 0 Å². The van der Waals surface area contributed by atoms with E-state index >= 15 is 0 Å². The molecule has 31 heavy (non-hydrogen) atoms. The van der Waals surface area contributed by atoms with E-state index in [1.807, 2.05) is 6.08 Å². The van der Waals surface area contributed by atoms with Crippen LogP contribution in [0.1, 0.15) is 46.1 Å². The average Bonchev–Trinajstić information content (AvgIpc) is 3.27. The van der Waals surface area contributed by atoms with Gasteiger partial charge in [0.1, 0.15) is 11.9 Å². The summed E-state index contributed by atoms with van der Waals surface area (Å²) in [5.74, 6) is 0.132. The fourth-order valence-corrected chi connectivity index (χ4v) is 4.50. The topological polar surface area (TPSA) is 111 Å². The van der Waals surface area contributed by atoms with Crippen molar-refractivity contribution in [2.24, 2.45) is 0 Å². The number of hydrogen-bond acceptors (Lipinski definition) is 7. The van der Waals surface area contributed by atoms with Crippen LogP contribution < -0.4 is 4.74 Å². The van der Waals surface area contributed by atoms with E-state index in [2.05, 4.69) is 0 Å². The van der Waals surface area contributed by atoms with E-state index in [4.69, 9.17) is 14.2 Å². The summed E-state index contributed by atoms with van der Waals surface area (Å²) in [6.07, 6.45) is -0.613. The Bertz CT molecular complexity index is 974. The smallest absolute Gasteiger partial charge is 0.429 e.